The van der Waals surface area contributed by atoms with Gasteiger partial charge in [-0.3, -0.25) is 14.9 Å². The number of rotatable bonds is 6. The molecule has 1 aromatic heterocycles. The van der Waals surface area contributed by atoms with E-state index in [1.54, 1.807) is 22.3 Å². The van der Waals surface area contributed by atoms with E-state index >= 15 is 0 Å². The second-order valence-electron chi connectivity index (χ2n) is 4.36. The molecule has 0 bridgehead atoms. The van der Waals surface area contributed by atoms with E-state index in [0.29, 0.717) is 18.7 Å². The Morgan fingerprint density at radius 3 is 2.57 bits per heavy atom. The third kappa shape index (κ3) is 3.76. The molecule has 1 aromatic carbocycles. The average Bonchev–Trinajstić information content (AvgIpc) is 2.99. The van der Waals surface area contributed by atoms with E-state index < -0.39 is 4.92 Å². The van der Waals surface area contributed by atoms with E-state index in [1.807, 2.05) is 17.5 Å². The monoisotopic (exact) mass is 302 g/mol. The van der Waals surface area contributed by atoms with Gasteiger partial charge in [-0.15, -0.1) is 17.9 Å². The lowest BCUT2D eigenvalue weighted by molar-refractivity contribution is -0.384. The Hall–Kier alpha value is -2.47. The molecule has 0 N–H and O–H groups in total. The van der Waals surface area contributed by atoms with Gasteiger partial charge in [-0.1, -0.05) is 12.1 Å². The molecule has 2 aromatic rings. The molecule has 6 heteroatoms. The van der Waals surface area contributed by atoms with Crippen LogP contribution >= 0.6 is 11.3 Å². The first-order valence-electron chi connectivity index (χ1n) is 6.29. The lowest BCUT2D eigenvalue weighted by Crippen LogP contribution is -2.30. The van der Waals surface area contributed by atoms with Crippen molar-refractivity contribution in [2.75, 3.05) is 6.54 Å². The summed E-state index contributed by atoms with van der Waals surface area (Å²) in [4.78, 5) is 25.3. The number of carbonyl (C=O) groups excluding carboxylic acids is 1. The van der Waals surface area contributed by atoms with E-state index in [-0.39, 0.29) is 11.6 Å². The van der Waals surface area contributed by atoms with Crippen molar-refractivity contribution in [1.29, 1.82) is 0 Å². The van der Waals surface area contributed by atoms with E-state index in [0.717, 1.165) is 4.88 Å². The first kappa shape index (κ1) is 14.9. The summed E-state index contributed by atoms with van der Waals surface area (Å²) in [5.41, 5.74) is 0.402. The van der Waals surface area contributed by atoms with Gasteiger partial charge in [0.1, 0.15) is 0 Å². The normalized spacial score (nSPS) is 10.1. The lowest BCUT2D eigenvalue weighted by Gasteiger charge is -2.20. The number of amides is 1. The zero-order valence-electron chi connectivity index (χ0n) is 11.3. The van der Waals surface area contributed by atoms with Crippen molar-refractivity contribution >= 4 is 22.9 Å². The molecule has 0 saturated carbocycles. The van der Waals surface area contributed by atoms with Crippen LogP contribution in [0.1, 0.15) is 15.2 Å². The zero-order valence-corrected chi connectivity index (χ0v) is 12.1. The van der Waals surface area contributed by atoms with Gasteiger partial charge in [0, 0.05) is 29.1 Å². The first-order chi connectivity index (χ1) is 10.1. The molecule has 5 nitrogen and oxygen atoms in total. The van der Waals surface area contributed by atoms with Crippen LogP contribution in [-0.2, 0) is 6.54 Å². The number of hydrogen-bond donors (Lipinski definition) is 0. The molecule has 0 aliphatic rings. The molecular formula is C15H14N2O3S. The Morgan fingerprint density at radius 2 is 2.05 bits per heavy atom. The van der Waals surface area contributed by atoms with Crippen molar-refractivity contribution in [1.82, 2.24) is 4.90 Å². The molecule has 0 saturated heterocycles. The SMILES string of the molecule is C=CCN(Cc1cccs1)C(=O)c1ccc([N+](=O)[O-])cc1. The molecule has 1 heterocycles. The van der Waals surface area contributed by atoms with E-state index in [2.05, 4.69) is 6.58 Å². The number of benzene rings is 1. The topological polar surface area (TPSA) is 63.5 Å². The van der Waals surface area contributed by atoms with Crippen LogP contribution in [-0.4, -0.2) is 22.3 Å². The number of nitro groups is 1. The standard InChI is InChI=1S/C15H14N2O3S/c1-2-9-16(11-14-4-3-10-21-14)15(18)12-5-7-13(8-6-12)17(19)20/h2-8,10H,1,9,11H2. The van der Waals surface area contributed by atoms with Crippen molar-refractivity contribution in [3.63, 3.8) is 0 Å². The fraction of sp³-hybridized carbons (Fsp3) is 0.133. The Kier molecular flexibility index (Phi) is 4.84. The van der Waals surface area contributed by atoms with Crippen LogP contribution in [0.3, 0.4) is 0 Å². The summed E-state index contributed by atoms with van der Waals surface area (Å²) in [5, 5.41) is 12.6. The van der Waals surface area contributed by atoms with Crippen LogP contribution in [0.5, 0.6) is 0 Å². The van der Waals surface area contributed by atoms with Gasteiger partial charge in [0.25, 0.3) is 11.6 Å². The van der Waals surface area contributed by atoms with Gasteiger partial charge < -0.3 is 4.90 Å². The van der Waals surface area contributed by atoms with E-state index in [1.165, 1.54) is 24.3 Å². The minimum absolute atomic E-state index is 0.0277. The van der Waals surface area contributed by atoms with Gasteiger partial charge in [0.15, 0.2) is 0 Å². The van der Waals surface area contributed by atoms with Crippen molar-refractivity contribution in [3.05, 3.63) is 75.0 Å². The molecule has 0 spiro atoms. The van der Waals surface area contributed by atoms with Crippen LogP contribution in [0.15, 0.2) is 54.4 Å². The third-order valence-corrected chi connectivity index (χ3v) is 3.75. The molecule has 2 rings (SSSR count). The Bertz CT molecular complexity index is 635. The zero-order chi connectivity index (χ0) is 15.2. The van der Waals surface area contributed by atoms with E-state index in [9.17, 15) is 14.9 Å². The second kappa shape index (κ2) is 6.81. The maximum Gasteiger partial charge on any atom is 0.269 e. The Balaban J connectivity index is 2.17. The molecule has 21 heavy (non-hydrogen) atoms. The highest BCUT2D eigenvalue weighted by Gasteiger charge is 2.16. The van der Waals surface area contributed by atoms with E-state index in [4.69, 9.17) is 0 Å². The summed E-state index contributed by atoms with van der Waals surface area (Å²) in [6.45, 7) is 4.59. The molecule has 108 valence electrons. The largest absolute Gasteiger partial charge is 0.330 e. The fourth-order valence-electron chi connectivity index (χ4n) is 1.87. The van der Waals surface area contributed by atoms with Crippen LogP contribution in [0.4, 0.5) is 5.69 Å². The Morgan fingerprint density at radius 1 is 1.33 bits per heavy atom. The second-order valence-corrected chi connectivity index (χ2v) is 5.39. The number of carbonyl (C=O) groups is 1. The summed E-state index contributed by atoms with van der Waals surface area (Å²) < 4.78 is 0. The molecule has 0 atom stereocenters. The highest BCUT2D eigenvalue weighted by molar-refractivity contribution is 7.09. The van der Waals surface area contributed by atoms with Gasteiger partial charge in [-0.25, -0.2) is 0 Å². The highest BCUT2D eigenvalue weighted by Crippen LogP contribution is 2.17. The lowest BCUT2D eigenvalue weighted by atomic mass is 10.1. The average molecular weight is 302 g/mol. The molecule has 0 radical (unpaired) electrons. The van der Waals surface area contributed by atoms with Crippen molar-refractivity contribution in [2.24, 2.45) is 0 Å². The number of nitrogens with zero attached hydrogens (tertiary/aromatic N) is 2. The summed E-state index contributed by atoms with van der Waals surface area (Å²) >= 11 is 1.58. The maximum atomic E-state index is 12.5. The summed E-state index contributed by atoms with van der Waals surface area (Å²) in [6.07, 6.45) is 1.66. The van der Waals surface area contributed by atoms with Crippen LogP contribution in [0.2, 0.25) is 0 Å². The van der Waals surface area contributed by atoms with Gasteiger partial charge in [0.05, 0.1) is 11.5 Å². The maximum absolute atomic E-state index is 12.5. The molecule has 0 aliphatic carbocycles. The highest BCUT2D eigenvalue weighted by atomic mass is 32.1. The number of non-ortho nitro benzene ring substituents is 1. The molecule has 0 unspecified atom stereocenters. The number of hydrogen-bond acceptors (Lipinski definition) is 4. The predicted molar refractivity (Wildman–Crippen MR) is 82.4 cm³/mol. The Labute approximate surface area is 126 Å². The summed E-state index contributed by atoms with van der Waals surface area (Å²) in [7, 11) is 0. The summed E-state index contributed by atoms with van der Waals surface area (Å²) in [5.74, 6) is -0.168. The van der Waals surface area contributed by atoms with Gasteiger partial charge in [-0.2, -0.15) is 0 Å². The van der Waals surface area contributed by atoms with Crippen molar-refractivity contribution in [2.45, 2.75) is 6.54 Å². The number of thiophene rings is 1. The molecule has 1 amide bonds. The molecule has 0 aliphatic heterocycles. The van der Waals surface area contributed by atoms with Crippen LogP contribution < -0.4 is 0 Å². The molecule has 0 fully saturated rings. The van der Waals surface area contributed by atoms with Gasteiger partial charge in [-0.05, 0) is 23.6 Å². The fourth-order valence-corrected chi connectivity index (χ4v) is 2.59. The third-order valence-electron chi connectivity index (χ3n) is 2.89. The van der Waals surface area contributed by atoms with Gasteiger partial charge in [0.2, 0.25) is 0 Å². The minimum atomic E-state index is -0.485. The van der Waals surface area contributed by atoms with Crippen molar-refractivity contribution < 1.29 is 9.72 Å². The molecular weight excluding hydrogens is 288 g/mol. The smallest absolute Gasteiger partial charge is 0.269 e. The minimum Gasteiger partial charge on any atom is -0.330 e. The first-order valence-corrected chi connectivity index (χ1v) is 7.17. The quantitative estimate of drug-likeness (QED) is 0.466. The van der Waals surface area contributed by atoms with Crippen LogP contribution in [0, 0.1) is 10.1 Å². The van der Waals surface area contributed by atoms with Crippen molar-refractivity contribution in [3.8, 4) is 0 Å². The van der Waals surface area contributed by atoms with Gasteiger partial charge >= 0.3 is 0 Å². The van der Waals surface area contributed by atoms with Crippen LogP contribution in [0.25, 0.3) is 0 Å². The predicted octanol–water partition coefficient (Wildman–Crippen LogP) is 3.48. The summed E-state index contributed by atoms with van der Waals surface area (Å²) in [6, 6.07) is 9.52. The number of nitro benzene ring substituents is 1.